The summed E-state index contributed by atoms with van der Waals surface area (Å²) in [5, 5.41) is 0.511. The summed E-state index contributed by atoms with van der Waals surface area (Å²) < 4.78 is 5.16. The normalized spacial score (nSPS) is 10.9. The number of H-pyrrole nitrogens is 1. The maximum atomic E-state index is 12.4. The molecule has 0 aliphatic rings. The third kappa shape index (κ3) is 3.55. The van der Waals surface area contributed by atoms with Crippen LogP contribution in [-0.4, -0.2) is 27.0 Å². The number of fused-ring (bicyclic) bond motifs is 1. The van der Waals surface area contributed by atoms with Crippen LogP contribution < -0.4 is 10.3 Å². The van der Waals surface area contributed by atoms with Crippen LogP contribution in [0, 0.1) is 6.92 Å². The summed E-state index contributed by atoms with van der Waals surface area (Å²) in [6, 6.07) is 15.0. The van der Waals surface area contributed by atoms with E-state index in [2.05, 4.69) is 19.9 Å². The lowest BCUT2D eigenvalue weighted by molar-refractivity contribution is 0.415. The zero-order chi connectivity index (χ0) is 18.8. The fourth-order valence-corrected chi connectivity index (χ4v) is 2.94. The predicted octanol–water partition coefficient (Wildman–Crippen LogP) is 3.29. The van der Waals surface area contributed by atoms with E-state index in [0.29, 0.717) is 28.9 Å². The third-order valence-electron chi connectivity index (χ3n) is 4.31. The number of hydrogen-bond acceptors (Lipinski definition) is 5. The number of rotatable bonds is 4. The van der Waals surface area contributed by atoms with Crippen LogP contribution in [0.3, 0.4) is 0 Å². The van der Waals surface area contributed by atoms with Crippen LogP contribution in [0.15, 0.2) is 59.5 Å². The molecule has 6 nitrogen and oxygen atoms in total. The number of nitrogens with one attached hydrogen (secondary N) is 1. The van der Waals surface area contributed by atoms with Crippen molar-refractivity contribution in [2.24, 2.45) is 0 Å². The Balaban J connectivity index is 1.61. The Morgan fingerprint density at radius 1 is 1.04 bits per heavy atom. The molecule has 0 unspecified atom stereocenters. The molecule has 1 aromatic carbocycles. The number of nitrogens with zero attached hydrogens (tertiary/aromatic N) is 3. The maximum Gasteiger partial charge on any atom is 0.258 e. The highest BCUT2D eigenvalue weighted by Gasteiger charge is 2.07. The van der Waals surface area contributed by atoms with Gasteiger partial charge in [0.15, 0.2) is 0 Å². The highest BCUT2D eigenvalue weighted by molar-refractivity contribution is 5.79. The van der Waals surface area contributed by atoms with Crippen molar-refractivity contribution >= 4 is 10.9 Å². The van der Waals surface area contributed by atoms with Crippen molar-refractivity contribution in [1.29, 1.82) is 0 Å². The second-order valence-electron chi connectivity index (χ2n) is 6.29. The molecule has 27 heavy (non-hydrogen) atoms. The molecule has 6 heteroatoms. The fourth-order valence-electron chi connectivity index (χ4n) is 2.94. The number of aryl methyl sites for hydroxylation is 1. The van der Waals surface area contributed by atoms with Gasteiger partial charge in [-0.05, 0) is 48.9 Å². The van der Waals surface area contributed by atoms with Crippen LogP contribution in [0.1, 0.15) is 17.1 Å². The molecule has 0 aliphatic heterocycles. The van der Waals surface area contributed by atoms with E-state index in [-0.39, 0.29) is 5.56 Å². The van der Waals surface area contributed by atoms with Gasteiger partial charge in [0.2, 0.25) is 0 Å². The van der Waals surface area contributed by atoms with Gasteiger partial charge in [-0.15, -0.1) is 0 Å². The van der Waals surface area contributed by atoms with Gasteiger partial charge in [0, 0.05) is 18.3 Å². The van der Waals surface area contributed by atoms with Gasteiger partial charge in [0.25, 0.3) is 5.56 Å². The molecule has 0 bridgehead atoms. The molecule has 0 radical (unpaired) electrons. The number of methoxy groups -OCH3 is 1. The summed E-state index contributed by atoms with van der Waals surface area (Å²) in [6.07, 6.45) is 2.28. The van der Waals surface area contributed by atoms with Crippen molar-refractivity contribution in [2.45, 2.75) is 13.3 Å². The zero-order valence-electron chi connectivity index (χ0n) is 15.1. The van der Waals surface area contributed by atoms with Gasteiger partial charge in [0.05, 0.1) is 29.4 Å². The standard InChI is InChI=1S/C21H18N4O2/c1-13-4-3-5-19(23-13)18-8-6-14(12-22-18)10-20-24-17-9-7-15(27-2)11-16(17)21(26)25-20/h3-9,11-12H,10H2,1-2H3,(H,24,25,26). The molecule has 0 spiro atoms. The molecule has 0 amide bonds. The summed E-state index contributed by atoms with van der Waals surface area (Å²) >= 11 is 0. The van der Waals surface area contributed by atoms with E-state index < -0.39 is 0 Å². The Hall–Kier alpha value is -3.54. The van der Waals surface area contributed by atoms with Crippen LogP contribution in [0.5, 0.6) is 5.75 Å². The van der Waals surface area contributed by atoms with E-state index in [1.54, 1.807) is 31.5 Å². The summed E-state index contributed by atoms with van der Waals surface area (Å²) in [5.41, 5.74) is 4.03. The van der Waals surface area contributed by atoms with Crippen molar-refractivity contribution in [3.63, 3.8) is 0 Å². The number of aromatic amines is 1. The van der Waals surface area contributed by atoms with E-state index >= 15 is 0 Å². The molecule has 0 fully saturated rings. The SMILES string of the molecule is COc1ccc2nc(Cc3ccc(-c4cccc(C)n4)nc3)[nH]c(=O)c2c1. The quantitative estimate of drug-likeness (QED) is 0.605. The largest absolute Gasteiger partial charge is 0.497 e. The van der Waals surface area contributed by atoms with Gasteiger partial charge in [-0.2, -0.15) is 0 Å². The maximum absolute atomic E-state index is 12.4. The van der Waals surface area contributed by atoms with E-state index in [1.165, 1.54) is 0 Å². The highest BCUT2D eigenvalue weighted by Crippen LogP contribution is 2.18. The van der Waals surface area contributed by atoms with E-state index in [9.17, 15) is 4.79 Å². The van der Waals surface area contributed by atoms with Gasteiger partial charge in [-0.25, -0.2) is 4.98 Å². The Morgan fingerprint density at radius 2 is 1.93 bits per heavy atom. The highest BCUT2D eigenvalue weighted by atomic mass is 16.5. The molecular weight excluding hydrogens is 340 g/mol. The van der Waals surface area contributed by atoms with Crippen LogP contribution in [0.25, 0.3) is 22.3 Å². The molecule has 3 aromatic heterocycles. The smallest absolute Gasteiger partial charge is 0.258 e. The van der Waals surface area contributed by atoms with Crippen LogP contribution in [0.4, 0.5) is 0 Å². The van der Waals surface area contributed by atoms with Crippen molar-refractivity contribution in [1.82, 2.24) is 19.9 Å². The third-order valence-corrected chi connectivity index (χ3v) is 4.31. The second kappa shape index (κ2) is 6.99. The minimum atomic E-state index is -0.178. The predicted molar refractivity (Wildman–Crippen MR) is 104 cm³/mol. The minimum absolute atomic E-state index is 0.178. The Kier molecular flexibility index (Phi) is 4.38. The Morgan fingerprint density at radius 3 is 2.67 bits per heavy atom. The number of ether oxygens (including phenoxy) is 1. The molecule has 4 aromatic rings. The van der Waals surface area contributed by atoms with Crippen LogP contribution in [0.2, 0.25) is 0 Å². The lowest BCUT2D eigenvalue weighted by Crippen LogP contribution is -2.12. The first-order chi connectivity index (χ1) is 13.1. The summed E-state index contributed by atoms with van der Waals surface area (Å²) in [5.74, 6) is 1.23. The van der Waals surface area contributed by atoms with Crippen molar-refractivity contribution in [2.75, 3.05) is 7.11 Å². The van der Waals surface area contributed by atoms with Crippen molar-refractivity contribution in [3.8, 4) is 17.1 Å². The summed E-state index contributed by atoms with van der Waals surface area (Å²) in [4.78, 5) is 28.7. The number of pyridine rings is 2. The van der Waals surface area contributed by atoms with Gasteiger partial charge >= 0.3 is 0 Å². The Bertz CT molecular complexity index is 1170. The molecule has 4 rings (SSSR count). The topological polar surface area (TPSA) is 80.8 Å². The molecule has 0 atom stereocenters. The van der Waals surface area contributed by atoms with E-state index in [0.717, 1.165) is 22.6 Å². The first kappa shape index (κ1) is 16.9. The summed E-state index contributed by atoms with van der Waals surface area (Å²) in [6.45, 7) is 1.95. The molecular formula is C21H18N4O2. The monoisotopic (exact) mass is 358 g/mol. The molecule has 0 saturated heterocycles. The number of benzene rings is 1. The lowest BCUT2D eigenvalue weighted by Gasteiger charge is -2.06. The van der Waals surface area contributed by atoms with Gasteiger partial charge in [-0.3, -0.25) is 14.8 Å². The van der Waals surface area contributed by atoms with E-state index in [4.69, 9.17) is 4.74 Å². The van der Waals surface area contributed by atoms with Crippen LogP contribution in [-0.2, 0) is 6.42 Å². The molecule has 0 saturated carbocycles. The van der Waals surface area contributed by atoms with Gasteiger partial charge in [0.1, 0.15) is 11.6 Å². The number of aromatic nitrogens is 4. The molecule has 3 heterocycles. The van der Waals surface area contributed by atoms with Crippen molar-refractivity contribution in [3.05, 3.63) is 82.2 Å². The molecule has 0 aliphatic carbocycles. The zero-order valence-corrected chi connectivity index (χ0v) is 15.1. The minimum Gasteiger partial charge on any atom is -0.497 e. The van der Waals surface area contributed by atoms with E-state index in [1.807, 2.05) is 37.3 Å². The van der Waals surface area contributed by atoms with Crippen LogP contribution >= 0.6 is 0 Å². The van der Waals surface area contributed by atoms with Gasteiger partial charge in [-0.1, -0.05) is 12.1 Å². The lowest BCUT2D eigenvalue weighted by atomic mass is 10.1. The summed E-state index contributed by atoms with van der Waals surface area (Å²) in [7, 11) is 1.57. The fraction of sp³-hybridized carbons (Fsp3) is 0.143. The molecule has 1 N–H and O–H groups in total. The number of hydrogen-bond donors (Lipinski definition) is 1. The first-order valence-electron chi connectivity index (χ1n) is 8.58. The average molecular weight is 358 g/mol. The van der Waals surface area contributed by atoms with Crippen molar-refractivity contribution < 1.29 is 4.74 Å². The second-order valence-corrected chi connectivity index (χ2v) is 6.29. The van der Waals surface area contributed by atoms with Gasteiger partial charge < -0.3 is 9.72 Å². The Labute approximate surface area is 155 Å². The molecule has 134 valence electrons. The first-order valence-corrected chi connectivity index (χ1v) is 8.58. The average Bonchev–Trinajstić information content (AvgIpc) is 2.68.